The lowest BCUT2D eigenvalue weighted by molar-refractivity contribution is -0.117. The number of hydrogen-bond acceptors (Lipinski definition) is 4. The zero-order valence-electron chi connectivity index (χ0n) is 11.3. The zero-order valence-corrected chi connectivity index (χ0v) is 11.3. The number of anilines is 2. The molecule has 5 heteroatoms. The number of nitrogens with two attached hydrogens (primary N) is 1. The maximum atomic E-state index is 12.2. The standard InChI is InChI=1S/C14H21N3O2/c1-19-9-7-16-10-14(18)17-8-3-4-11-12(15)5-2-6-13(11)17/h2,5-6,16H,3-4,7-10,15H2,1H3. The maximum absolute atomic E-state index is 12.2. The molecule has 1 aliphatic heterocycles. The van der Waals surface area contributed by atoms with Crippen LogP contribution in [0.5, 0.6) is 0 Å². The SMILES string of the molecule is COCCNCC(=O)N1CCCc2c(N)cccc21. The Morgan fingerprint density at radius 3 is 3.16 bits per heavy atom. The summed E-state index contributed by atoms with van der Waals surface area (Å²) in [4.78, 5) is 14.0. The third-order valence-corrected chi connectivity index (χ3v) is 3.35. The Labute approximate surface area is 113 Å². The van der Waals surface area contributed by atoms with E-state index in [-0.39, 0.29) is 5.91 Å². The van der Waals surface area contributed by atoms with Crippen LogP contribution in [0, 0.1) is 0 Å². The molecule has 1 aromatic carbocycles. The highest BCUT2D eigenvalue weighted by atomic mass is 16.5. The highest BCUT2D eigenvalue weighted by Gasteiger charge is 2.23. The molecule has 1 aliphatic rings. The van der Waals surface area contributed by atoms with Gasteiger partial charge in [0.15, 0.2) is 0 Å². The maximum Gasteiger partial charge on any atom is 0.240 e. The van der Waals surface area contributed by atoms with Crippen LogP contribution in [-0.2, 0) is 16.0 Å². The Bertz CT molecular complexity index is 448. The quantitative estimate of drug-likeness (QED) is 0.608. The molecule has 2 rings (SSSR count). The third-order valence-electron chi connectivity index (χ3n) is 3.35. The van der Waals surface area contributed by atoms with Gasteiger partial charge in [-0.2, -0.15) is 0 Å². The largest absolute Gasteiger partial charge is 0.398 e. The Kier molecular flexibility index (Phi) is 4.76. The van der Waals surface area contributed by atoms with Crippen molar-refractivity contribution >= 4 is 17.3 Å². The van der Waals surface area contributed by atoms with E-state index in [4.69, 9.17) is 10.5 Å². The number of carbonyl (C=O) groups is 1. The first-order valence-corrected chi connectivity index (χ1v) is 6.61. The number of fused-ring (bicyclic) bond motifs is 1. The van der Waals surface area contributed by atoms with E-state index in [0.29, 0.717) is 19.7 Å². The summed E-state index contributed by atoms with van der Waals surface area (Å²) in [6.45, 7) is 2.38. The van der Waals surface area contributed by atoms with Gasteiger partial charge < -0.3 is 20.7 Å². The minimum atomic E-state index is 0.0858. The van der Waals surface area contributed by atoms with Crippen molar-refractivity contribution in [1.29, 1.82) is 0 Å². The Balaban J connectivity index is 2.02. The highest BCUT2D eigenvalue weighted by molar-refractivity contribution is 5.96. The molecule has 0 aromatic heterocycles. The number of carbonyl (C=O) groups excluding carboxylic acids is 1. The Morgan fingerprint density at radius 1 is 1.53 bits per heavy atom. The number of hydrogen-bond donors (Lipinski definition) is 2. The van der Waals surface area contributed by atoms with Crippen molar-refractivity contribution in [3.8, 4) is 0 Å². The second-order valence-electron chi connectivity index (χ2n) is 4.66. The number of amides is 1. The van der Waals surface area contributed by atoms with Crippen LogP contribution in [0.25, 0.3) is 0 Å². The van der Waals surface area contributed by atoms with Gasteiger partial charge in [0.05, 0.1) is 13.2 Å². The van der Waals surface area contributed by atoms with Crippen LogP contribution in [0.3, 0.4) is 0 Å². The lowest BCUT2D eigenvalue weighted by Gasteiger charge is -2.30. The Morgan fingerprint density at radius 2 is 2.37 bits per heavy atom. The second-order valence-corrected chi connectivity index (χ2v) is 4.66. The second kappa shape index (κ2) is 6.54. The molecule has 0 radical (unpaired) electrons. The first kappa shape index (κ1) is 13.8. The fourth-order valence-electron chi connectivity index (χ4n) is 2.38. The molecule has 19 heavy (non-hydrogen) atoms. The molecule has 1 heterocycles. The molecule has 0 aliphatic carbocycles. The molecule has 0 saturated carbocycles. The highest BCUT2D eigenvalue weighted by Crippen LogP contribution is 2.31. The van der Waals surface area contributed by atoms with Gasteiger partial charge >= 0.3 is 0 Å². The predicted octanol–water partition coefficient (Wildman–Crippen LogP) is 0.784. The molecule has 1 aromatic rings. The van der Waals surface area contributed by atoms with E-state index in [2.05, 4.69) is 5.32 Å². The first-order valence-electron chi connectivity index (χ1n) is 6.61. The van der Waals surface area contributed by atoms with Crippen LogP contribution < -0.4 is 16.0 Å². The molecule has 0 spiro atoms. The van der Waals surface area contributed by atoms with Gasteiger partial charge in [0.2, 0.25) is 5.91 Å². The van der Waals surface area contributed by atoms with E-state index in [9.17, 15) is 4.79 Å². The van der Waals surface area contributed by atoms with Crippen LogP contribution in [0.4, 0.5) is 11.4 Å². The molecular formula is C14H21N3O2. The fraction of sp³-hybridized carbons (Fsp3) is 0.500. The number of nitrogens with one attached hydrogen (secondary N) is 1. The molecule has 0 bridgehead atoms. The van der Waals surface area contributed by atoms with Crippen molar-refractivity contribution in [2.24, 2.45) is 0 Å². The van der Waals surface area contributed by atoms with Crippen molar-refractivity contribution in [3.63, 3.8) is 0 Å². The predicted molar refractivity (Wildman–Crippen MR) is 76.3 cm³/mol. The molecule has 0 atom stereocenters. The van der Waals surface area contributed by atoms with E-state index in [0.717, 1.165) is 36.3 Å². The van der Waals surface area contributed by atoms with Gasteiger partial charge in [0.1, 0.15) is 0 Å². The molecule has 0 saturated heterocycles. The van der Waals surface area contributed by atoms with Crippen LogP contribution in [-0.4, -0.2) is 39.3 Å². The van der Waals surface area contributed by atoms with Gasteiger partial charge in [-0.1, -0.05) is 6.07 Å². The lowest BCUT2D eigenvalue weighted by Crippen LogP contribution is -2.41. The summed E-state index contributed by atoms with van der Waals surface area (Å²) in [6, 6.07) is 5.76. The molecule has 0 fully saturated rings. The summed E-state index contributed by atoms with van der Waals surface area (Å²) in [6.07, 6.45) is 1.91. The molecule has 0 unspecified atom stereocenters. The smallest absolute Gasteiger partial charge is 0.240 e. The normalized spacial score (nSPS) is 14.3. The van der Waals surface area contributed by atoms with Crippen LogP contribution in [0.2, 0.25) is 0 Å². The number of ether oxygens (including phenoxy) is 1. The topological polar surface area (TPSA) is 67.6 Å². The third kappa shape index (κ3) is 3.24. The summed E-state index contributed by atoms with van der Waals surface area (Å²) in [5.41, 5.74) is 8.81. The number of nitrogen functional groups attached to an aromatic ring is 1. The van der Waals surface area contributed by atoms with Crippen molar-refractivity contribution in [2.45, 2.75) is 12.8 Å². The monoisotopic (exact) mass is 263 g/mol. The summed E-state index contributed by atoms with van der Waals surface area (Å²) < 4.78 is 4.94. The molecule has 3 N–H and O–H groups in total. The van der Waals surface area contributed by atoms with E-state index < -0.39 is 0 Å². The van der Waals surface area contributed by atoms with E-state index in [1.807, 2.05) is 23.1 Å². The molecule has 5 nitrogen and oxygen atoms in total. The van der Waals surface area contributed by atoms with Gasteiger partial charge in [-0.05, 0) is 30.5 Å². The van der Waals surface area contributed by atoms with E-state index in [1.54, 1.807) is 7.11 Å². The molecular weight excluding hydrogens is 242 g/mol. The van der Waals surface area contributed by atoms with Crippen LogP contribution >= 0.6 is 0 Å². The first-order chi connectivity index (χ1) is 9.24. The Hall–Kier alpha value is -1.59. The van der Waals surface area contributed by atoms with Crippen molar-refractivity contribution < 1.29 is 9.53 Å². The van der Waals surface area contributed by atoms with Gasteiger partial charge in [0, 0.05) is 31.6 Å². The number of rotatable bonds is 5. The number of benzene rings is 1. The summed E-state index contributed by atoms with van der Waals surface area (Å²) in [5, 5.41) is 3.08. The lowest BCUT2D eigenvalue weighted by atomic mass is 10.00. The average Bonchev–Trinajstić information content (AvgIpc) is 2.43. The summed E-state index contributed by atoms with van der Waals surface area (Å²) in [7, 11) is 1.65. The zero-order chi connectivity index (χ0) is 13.7. The van der Waals surface area contributed by atoms with Gasteiger partial charge in [-0.15, -0.1) is 0 Å². The van der Waals surface area contributed by atoms with Crippen molar-refractivity contribution in [1.82, 2.24) is 5.32 Å². The minimum Gasteiger partial charge on any atom is -0.398 e. The minimum absolute atomic E-state index is 0.0858. The fourth-order valence-corrected chi connectivity index (χ4v) is 2.38. The van der Waals surface area contributed by atoms with Crippen molar-refractivity contribution in [2.75, 3.05) is 44.0 Å². The number of methoxy groups -OCH3 is 1. The van der Waals surface area contributed by atoms with Gasteiger partial charge in [-0.3, -0.25) is 4.79 Å². The average molecular weight is 263 g/mol. The van der Waals surface area contributed by atoms with E-state index in [1.165, 1.54) is 0 Å². The van der Waals surface area contributed by atoms with Crippen LogP contribution in [0.15, 0.2) is 18.2 Å². The van der Waals surface area contributed by atoms with E-state index >= 15 is 0 Å². The van der Waals surface area contributed by atoms with Crippen molar-refractivity contribution in [3.05, 3.63) is 23.8 Å². The van der Waals surface area contributed by atoms with Crippen LogP contribution in [0.1, 0.15) is 12.0 Å². The summed E-state index contributed by atoms with van der Waals surface area (Å²) >= 11 is 0. The molecule has 1 amide bonds. The van der Waals surface area contributed by atoms with Gasteiger partial charge in [0.25, 0.3) is 0 Å². The van der Waals surface area contributed by atoms with Gasteiger partial charge in [-0.25, -0.2) is 0 Å². The number of nitrogens with zero attached hydrogens (tertiary/aromatic N) is 1. The summed E-state index contributed by atoms with van der Waals surface area (Å²) in [5.74, 6) is 0.0858. The molecule has 104 valence electrons.